The van der Waals surface area contributed by atoms with Gasteiger partial charge in [0.15, 0.2) is 11.5 Å². The molecule has 3 rings (SSSR count). The highest BCUT2D eigenvalue weighted by atomic mass is 32.2. The molecule has 0 aliphatic carbocycles. The number of halogens is 1. The van der Waals surface area contributed by atoms with Crippen LogP contribution in [-0.4, -0.2) is 18.5 Å². The van der Waals surface area contributed by atoms with Gasteiger partial charge in [0, 0.05) is 16.3 Å². The highest BCUT2D eigenvalue weighted by Gasteiger charge is 2.21. The topological polar surface area (TPSA) is 44.5 Å². The molecule has 1 aliphatic heterocycles. The predicted molar refractivity (Wildman–Crippen MR) is 77.9 cm³/mol. The fourth-order valence-corrected chi connectivity index (χ4v) is 2.92. The van der Waals surface area contributed by atoms with Crippen molar-refractivity contribution < 1.29 is 13.9 Å². The maximum atomic E-state index is 13.2. The fourth-order valence-electron chi connectivity index (χ4n) is 1.96. The lowest BCUT2D eigenvalue weighted by molar-refractivity contribution is 0.107. The molecular weight excluding hydrogens is 277 g/mol. The quantitative estimate of drug-likeness (QED) is 0.696. The molecule has 0 radical (unpaired) electrons. The van der Waals surface area contributed by atoms with Crippen LogP contribution in [0.5, 0.6) is 11.5 Å². The van der Waals surface area contributed by atoms with Crippen molar-refractivity contribution >= 4 is 17.4 Å². The number of rotatable bonds is 3. The Kier molecular flexibility index (Phi) is 3.69. The summed E-state index contributed by atoms with van der Waals surface area (Å²) < 4.78 is 24.7. The zero-order valence-corrected chi connectivity index (χ0v) is 11.5. The van der Waals surface area contributed by atoms with Gasteiger partial charge in [-0.2, -0.15) is 0 Å². The summed E-state index contributed by atoms with van der Waals surface area (Å²) >= 11 is 1.47. The van der Waals surface area contributed by atoms with Gasteiger partial charge in [-0.05, 0) is 30.3 Å². The van der Waals surface area contributed by atoms with E-state index in [-0.39, 0.29) is 11.9 Å². The second kappa shape index (κ2) is 5.63. The minimum atomic E-state index is -0.284. The van der Waals surface area contributed by atoms with Crippen LogP contribution in [0.1, 0.15) is 0 Å². The number of hydrogen-bond acceptors (Lipinski definition) is 4. The van der Waals surface area contributed by atoms with Crippen LogP contribution in [0.2, 0.25) is 0 Å². The van der Waals surface area contributed by atoms with Crippen LogP contribution in [0.15, 0.2) is 47.4 Å². The lowest BCUT2D eigenvalue weighted by atomic mass is 10.3. The number of para-hydroxylation sites is 2. The first-order chi connectivity index (χ1) is 9.72. The molecule has 2 aromatic carbocycles. The van der Waals surface area contributed by atoms with Gasteiger partial charge >= 0.3 is 0 Å². The summed E-state index contributed by atoms with van der Waals surface area (Å²) in [6.07, 6.45) is -0.0717. The van der Waals surface area contributed by atoms with Crippen molar-refractivity contribution in [2.45, 2.75) is 11.0 Å². The van der Waals surface area contributed by atoms with Gasteiger partial charge in [-0.15, -0.1) is 11.8 Å². The maximum Gasteiger partial charge on any atom is 0.161 e. The normalized spacial score (nSPS) is 16.9. The maximum absolute atomic E-state index is 13.2. The van der Waals surface area contributed by atoms with Gasteiger partial charge in [0.1, 0.15) is 18.5 Å². The van der Waals surface area contributed by atoms with Gasteiger partial charge < -0.3 is 15.2 Å². The average molecular weight is 291 g/mol. The van der Waals surface area contributed by atoms with Crippen molar-refractivity contribution in [2.75, 3.05) is 18.1 Å². The highest BCUT2D eigenvalue weighted by molar-refractivity contribution is 7.99. The molecule has 20 heavy (non-hydrogen) atoms. The fraction of sp³-hybridized carbons (Fsp3) is 0.200. The van der Waals surface area contributed by atoms with Crippen molar-refractivity contribution in [2.24, 2.45) is 0 Å². The Hall–Kier alpha value is -1.88. The minimum absolute atomic E-state index is 0.0717. The van der Waals surface area contributed by atoms with Gasteiger partial charge in [-0.1, -0.05) is 12.1 Å². The Labute approximate surface area is 120 Å². The summed E-state index contributed by atoms with van der Waals surface area (Å²) in [4.78, 5) is 0.729. The van der Waals surface area contributed by atoms with Gasteiger partial charge in [-0.3, -0.25) is 0 Å². The molecular formula is C15H14FNO2S. The van der Waals surface area contributed by atoms with E-state index in [1.165, 1.54) is 23.9 Å². The van der Waals surface area contributed by atoms with Crippen molar-refractivity contribution in [3.05, 3.63) is 48.3 Å². The zero-order chi connectivity index (χ0) is 13.9. The molecule has 1 unspecified atom stereocenters. The minimum Gasteiger partial charge on any atom is -0.486 e. The SMILES string of the molecule is Nc1ccc(F)cc1SCC1COc2ccccc2O1. The Balaban J connectivity index is 1.64. The highest BCUT2D eigenvalue weighted by Crippen LogP contribution is 2.33. The summed E-state index contributed by atoms with van der Waals surface area (Å²) in [5.74, 6) is 1.88. The Morgan fingerprint density at radius 2 is 2.00 bits per heavy atom. The van der Waals surface area contributed by atoms with Crippen molar-refractivity contribution in [1.82, 2.24) is 0 Å². The molecule has 0 amide bonds. The van der Waals surface area contributed by atoms with Crippen LogP contribution >= 0.6 is 11.8 Å². The van der Waals surface area contributed by atoms with E-state index in [1.54, 1.807) is 6.07 Å². The molecule has 0 aromatic heterocycles. The monoisotopic (exact) mass is 291 g/mol. The number of nitrogen functional groups attached to an aromatic ring is 1. The van der Waals surface area contributed by atoms with Crippen LogP contribution < -0.4 is 15.2 Å². The first-order valence-corrected chi connectivity index (χ1v) is 7.27. The lowest BCUT2D eigenvalue weighted by Crippen LogP contribution is -2.31. The molecule has 1 heterocycles. The third-order valence-corrected chi connectivity index (χ3v) is 4.17. The number of thioether (sulfide) groups is 1. The Morgan fingerprint density at radius 3 is 2.85 bits per heavy atom. The van der Waals surface area contributed by atoms with Gasteiger partial charge in [0.2, 0.25) is 0 Å². The van der Waals surface area contributed by atoms with Crippen LogP contribution in [0, 0.1) is 5.82 Å². The second-order valence-corrected chi connectivity index (χ2v) is 5.55. The van der Waals surface area contributed by atoms with E-state index in [9.17, 15) is 4.39 Å². The molecule has 0 fully saturated rings. The molecule has 0 saturated carbocycles. The molecule has 0 bridgehead atoms. The van der Waals surface area contributed by atoms with E-state index in [0.717, 1.165) is 16.4 Å². The van der Waals surface area contributed by atoms with Crippen molar-refractivity contribution in [3.8, 4) is 11.5 Å². The van der Waals surface area contributed by atoms with E-state index in [4.69, 9.17) is 15.2 Å². The molecule has 2 aromatic rings. The van der Waals surface area contributed by atoms with Gasteiger partial charge in [-0.25, -0.2) is 4.39 Å². The first kappa shape index (κ1) is 13.1. The van der Waals surface area contributed by atoms with E-state index < -0.39 is 0 Å². The standard InChI is InChI=1S/C15H14FNO2S/c16-10-5-6-12(17)15(7-10)20-9-11-8-18-13-3-1-2-4-14(13)19-11/h1-7,11H,8-9,17H2. The number of nitrogens with two attached hydrogens (primary N) is 1. The van der Waals surface area contributed by atoms with Gasteiger partial charge in [0.05, 0.1) is 0 Å². The summed E-state index contributed by atoms with van der Waals surface area (Å²) in [5.41, 5.74) is 6.40. The molecule has 0 saturated heterocycles. The van der Waals surface area contributed by atoms with Crippen molar-refractivity contribution in [1.29, 1.82) is 0 Å². The van der Waals surface area contributed by atoms with Crippen LogP contribution in [0.4, 0.5) is 10.1 Å². The van der Waals surface area contributed by atoms with E-state index in [1.807, 2.05) is 24.3 Å². The molecule has 1 atom stereocenters. The van der Waals surface area contributed by atoms with E-state index in [2.05, 4.69) is 0 Å². The van der Waals surface area contributed by atoms with Crippen LogP contribution in [0.25, 0.3) is 0 Å². The Morgan fingerprint density at radius 1 is 1.20 bits per heavy atom. The number of fused-ring (bicyclic) bond motifs is 1. The van der Waals surface area contributed by atoms with Crippen LogP contribution in [-0.2, 0) is 0 Å². The predicted octanol–water partition coefficient (Wildman–Crippen LogP) is 3.34. The van der Waals surface area contributed by atoms with Gasteiger partial charge in [0.25, 0.3) is 0 Å². The number of benzene rings is 2. The number of hydrogen-bond donors (Lipinski definition) is 1. The lowest BCUT2D eigenvalue weighted by Gasteiger charge is -2.26. The summed E-state index contributed by atoms with van der Waals surface area (Å²) in [6, 6.07) is 11.9. The zero-order valence-electron chi connectivity index (χ0n) is 10.7. The second-order valence-electron chi connectivity index (χ2n) is 4.49. The number of ether oxygens (including phenoxy) is 2. The van der Waals surface area contributed by atoms with E-state index >= 15 is 0 Å². The smallest absolute Gasteiger partial charge is 0.161 e. The van der Waals surface area contributed by atoms with Crippen LogP contribution in [0.3, 0.4) is 0 Å². The summed E-state index contributed by atoms with van der Waals surface area (Å²) in [6.45, 7) is 0.485. The molecule has 104 valence electrons. The molecule has 1 aliphatic rings. The van der Waals surface area contributed by atoms with Crippen molar-refractivity contribution in [3.63, 3.8) is 0 Å². The molecule has 3 nitrogen and oxygen atoms in total. The third kappa shape index (κ3) is 2.82. The summed E-state index contributed by atoms with van der Waals surface area (Å²) in [5, 5.41) is 0. The number of anilines is 1. The Bertz CT molecular complexity index is 621. The molecule has 0 spiro atoms. The largest absolute Gasteiger partial charge is 0.486 e. The molecule has 2 N–H and O–H groups in total. The summed E-state index contributed by atoms with van der Waals surface area (Å²) in [7, 11) is 0. The molecule has 5 heteroatoms. The third-order valence-electron chi connectivity index (χ3n) is 2.97. The average Bonchev–Trinajstić information content (AvgIpc) is 2.48. The van der Waals surface area contributed by atoms with E-state index in [0.29, 0.717) is 18.0 Å². The first-order valence-electron chi connectivity index (χ1n) is 6.28.